The number of aromatic nitrogens is 3. The first-order valence-electron chi connectivity index (χ1n) is 10.7. The van der Waals surface area contributed by atoms with Crippen molar-refractivity contribution in [3.63, 3.8) is 0 Å². The van der Waals surface area contributed by atoms with Crippen LogP contribution in [0.1, 0.15) is 62.6 Å². The Labute approximate surface area is 171 Å². The molecule has 6 heteroatoms. The van der Waals surface area contributed by atoms with Crippen molar-refractivity contribution in [3.05, 3.63) is 34.9 Å². The summed E-state index contributed by atoms with van der Waals surface area (Å²) in [6.45, 7) is 10.9. The van der Waals surface area contributed by atoms with Gasteiger partial charge >= 0.3 is 6.01 Å². The van der Waals surface area contributed by atoms with Gasteiger partial charge in [0.2, 0.25) is 0 Å². The Kier molecular flexibility index (Phi) is 4.35. The number of fused-ring (bicyclic) bond motifs is 1. The number of nitrogens with zero attached hydrogens (tertiary/aromatic N) is 3. The fourth-order valence-corrected chi connectivity index (χ4v) is 4.18. The Morgan fingerprint density at radius 3 is 2.62 bits per heavy atom. The summed E-state index contributed by atoms with van der Waals surface area (Å²) in [6, 6.07) is 7.57. The highest BCUT2D eigenvalue weighted by Gasteiger charge is 2.28. The lowest BCUT2D eigenvalue weighted by Gasteiger charge is -2.23. The molecule has 1 atom stereocenters. The predicted octanol–water partition coefficient (Wildman–Crippen LogP) is 4.54. The Hall–Kier alpha value is -2.47. The highest BCUT2D eigenvalue weighted by Crippen LogP contribution is 2.44. The molecule has 1 saturated heterocycles. The minimum absolute atomic E-state index is 0.0121. The molecule has 2 fully saturated rings. The van der Waals surface area contributed by atoms with Crippen LogP contribution in [-0.4, -0.2) is 34.3 Å². The molecule has 1 aromatic carbocycles. The van der Waals surface area contributed by atoms with Gasteiger partial charge in [-0.3, -0.25) is 0 Å². The van der Waals surface area contributed by atoms with E-state index >= 15 is 0 Å². The highest BCUT2D eigenvalue weighted by molar-refractivity contribution is 5.88. The van der Waals surface area contributed by atoms with E-state index in [9.17, 15) is 0 Å². The van der Waals surface area contributed by atoms with E-state index in [1.165, 1.54) is 34.9 Å². The van der Waals surface area contributed by atoms with Crippen LogP contribution < -0.4 is 10.6 Å². The van der Waals surface area contributed by atoms with Gasteiger partial charge in [-0.25, -0.2) is 4.98 Å². The van der Waals surface area contributed by atoms with Crippen molar-refractivity contribution in [3.8, 4) is 11.6 Å². The van der Waals surface area contributed by atoms with Crippen molar-refractivity contribution < 1.29 is 4.42 Å². The van der Waals surface area contributed by atoms with Crippen molar-refractivity contribution in [2.45, 2.75) is 64.3 Å². The lowest BCUT2D eigenvalue weighted by atomic mass is 9.83. The van der Waals surface area contributed by atoms with E-state index in [1.54, 1.807) is 0 Å². The molecular formula is C23H29N5O. The van der Waals surface area contributed by atoms with Crippen LogP contribution in [0.2, 0.25) is 0 Å². The molecule has 1 unspecified atom stereocenters. The van der Waals surface area contributed by atoms with Crippen LogP contribution in [0.4, 0.5) is 6.01 Å². The summed E-state index contributed by atoms with van der Waals surface area (Å²) in [5, 5.41) is 16.3. The van der Waals surface area contributed by atoms with Gasteiger partial charge in [0.25, 0.3) is 5.89 Å². The molecule has 0 radical (unpaired) electrons. The maximum absolute atomic E-state index is 5.91. The zero-order chi connectivity index (χ0) is 20.2. The fraction of sp³-hybridized carbons (Fsp3) is 0.522. The summed E-state index contributed by atoms with van der Waals surface area (Å²) in [7, 11) is 0. The summed E-state index contributed by atoms with van der Waals surface area (Å²) in [4.78, 5) is 5.00. The molecule has 2 aliphatic rings. The third kappa shape index (κ3) is 3.62. The fourth-order valence-electron chi connectivity index (χ4n) is 4.18. The minimum Gasteiger partial charge on any atom is -0.402 e. The molecule has 0 spiro atoms. The van der Waals surface area contributed by atoms with E-state index in [0.29, 0.717) is 23.9 Å². The molecule has 152 valence electrons. The number of pyridine rings is 1. The molecule has 3 aromatic rings. The molecule has 2 aromatic heterocycles. The Morgan fingerprint density at radius 2 is 1.93 bits per heavy atom. The average Bonchev–Trinajstić information content (AvgIpc) is 3.20. The molecule has 1 aliphatic carbocycles. The summed E-state index contributed by atoms with van der Waals surface area (Å²) < 4.78 is 5.91. The van der Waals surface area contributed by atoms with E-state index < -0.39 is 0 Å². The Morgan fingerprint density at radius 1 is 1.10 bits per heavy atom. The van der Waals surface area contributed by atoms with E-state index in [-0.39, 0.29) is 5.41 Å². The molecule has 1 saturated carbocycles. The smallest absolute Gasteiger partial charge is 0.316 e. The number of nitrogens with one attached hydrogen (secondary N) is 2. The molecular weight excluding hydrogens is 362 g/mol. The largest absolute Gasteiger partial charge is 0.402 e. The molecule has 1 aliphatic heterocycles. The normalized spacial score (nSPS) is 19.8. The standard InChI is InChI=1S/C23H29N5O/c1-13-9-19(21-27-28-22(29-21)25-16-7-8-24-12-16)26-20-17(13)10-15(14-5-6-14)11-18(20)23(2,3)4/h9-11,14,16,24H,5-8,12H2,1-4H3,(H,25,28). The second-order valence-electron chi connectivity index (χ2n) is 9.56. The number of rotatable bonds is 4. The summed E-state index contributed by atoms with van der Waals surface area (Å²) in [5.41, 5.74) is 5.74. The second-order valence-corrected chi connectivity index (χ2v) is 9.56. The molecule has 0 bridgehead atoms. The Bertz CT molecular complexity index is 1060. The van der Waals surface area contributed by atoms with Gasteiger partial charge in [0, 0.05) is 18.0 Å². The molecule has 29 heavy (non-hydrogen) atoms. The first-order chi connectivity index (χ1) is 13.9. The predicted molar refractivity (Wildman–Crippen MR) is 115 cm³/mol. The van der Waals surface area contributed by atoms with Gasteiger partial charge in [0.15, 0.2) is 0 Å². The third-order valence-corrected chi connectivity index (χ3v) is 6.03. The number of anilines is 1. The van der Waals surface area contributed by atoms with Crippen LogP contribution >= 0.6 is 0 Å². The van der Waals surface area contributed by atoms with Crippen molar-refractivity contribution in [2.24, 2.45) is 0 Å². The number of aryl methyl sites for hydroxylation is 1. The first-order valence-corrected chi connectivity index (χ1v) is 10.7. The van der Waals surface area contributed by atoms with Crippen LogP contribution in [0.15, 0.2) is 22.6 Å². The monoisotopic (exact) mass is 391 g/mol. The number of benzene rings is 1. The minimum atomic E-state index is 0.0121. The van der Waals surface area contributed by atoms with E-state index in [2.05, 4.69) is 66.7 Å². The van der Waals surface area contributed by atoms with Crippen molar-refractivity contribution >= 4 is 16.9 Å². The highest BCUT2D eigenvalue weighted by atomic mass is 16.4. The maximum Gasteiger partial charge on any atom is 0.316 e. The summed E-state index contributed by atoms with van der Waals surface area (Å²) >= 11 is 0. The zero-order valence-corrected chi connectivity index (χ0v) is 17.7. The second kappa shape index (κ2) is 6.80. The lowest BCUT2D eigenvalue weighted by Crippen LogP contribution is -2.22. The van der Waals surface area contributed by atoms with Crippen LogP contribution in [0.3, 0.4) is 0 Å². The van der Waals surface area contributed by atoms with Crippen molar-refractivity contribution in [1.29, 1.82) is 0 Å². The van der Waals surface area contributed by atoms with Crippen LogP contribution in [-0.2, 0) is 5.41 Å². The lowest BCUT2D eigenvalue weighted by molar-refractivity contribution is 0.567. The first kappa shape index (κ1) is 18.6. The molecule has 3 heterocycles. The SMILES string of the molecule is Cc1cc(-c2nnc(NC3CCNC3)o2)nc2c(C(C)(C)C)cc(C3CC3)cc12. The van der Waals surface area contributed by atoms with Crippen molar-refractivity contribution in [1.82, 2.24) is 20.5 Å². The zero-order valence-electron chi connectivity index (χ0n) is 17.7. The third-order valence-electron chi connectivity index (χ3n) is 6.03. The van der Waals surface area contributed by atoms with Gasteiger partial charge in [0.1, 0.15) is 5.69 Å². The van der Waals surface area contributed by atoms with E-state index in [1.807, 2.05) is 0 Å². The van der Waals surface area contributed by atoms with Gasteiger partial charge in [-0.05, 0) is 72.9 Å². The van der Waals surface area contributed by atoms with Gasteiger partial charge in [-0.1, -0.05) is 31.9 Å². The van der Waals surface area contributed by atoms with Gasteiger partial charge in [0.05, 0.1) is 5.52 Å². The van der Waals surface area contributed by atoms with Gasteiger partial charge in [-0.15, -0.1) is 5.10 Å². The number of hydrogen-bond acceptors (Lipinski definition) is 6. The van der Waals surface area contributed by atoms with E-state index in [0.717, 1.165) is 30.7 Å². The van der Waals surface area contributed by atoms with Gasteiger partial charge in [-0.2, -0.15) is 0 Å². The number of hydrogen-bond donors (Lipinski definition) is 2. The van der Waals surface area contributed by atoms with Gasteiger partial charge < -0.3 is 15.1 Å². The molecule has 2 N–H and O–H groups in total. The summed E-state index contributed by atoms with van der Waals surface area (Å²) in [6.07, 6.45) is 3.66. The Balaban J connectivity index is 1.57. The molecule has 6 nitrogen and oxygen atoms in total. The summed E-state index contributed by atoms with van der Waals surface area (Å²) in [5.74, 6) is 1.18. The van der Waals surface area contributed by atoms with E-state index in [4.69, 9.17) is 9.40 Å². The topological polar surface area (TPSA) is 75.9 Å². The van der Waals surface area contributed by atoms with Crippen LogP contribution in [0.25, 0.3) is 22.5 Å². The molecule has 5 rings (SSSR count). The van der Waals surface area contributed by atoms with Crippen LogP contribution in [0.5, 0.6) is 0 Å². The molecule has 0 amide bonds. The quantitative estimate of drug-likeness (QED) is 0.680. The van der Waals surface area contributed by atoms with Crippen molar-refractivity contribution in [2.75, 3.05) is 18.4 Å². The van der Waals surface area contributed by atoms with Crippen LogP contribution in [0, 0.1) is 6.92 Å². The maximum atomic E-state index is 5.91. The average molecular weight is 392 g/mol.